The van der Waals surface area contributed by atoms with E-state index in [0.29, 0.717) is 26.2 Å². The van der Waals surface area contributed by atoms with Crippen molar-refractivity contribution in [2.45, 2.75) is 19.6 Å². The summed E-state index contributed by atoms with van der Waals surface area (Å²) in [6.45, 7) is 3.96. The second kappa shape index (κ2) is 6.64. The van der Waals surface area contributed by atoms with E-state index in [2.05, 4.69) is 9.97 Å². The van der Waals surface area contributed by atoms with Crippen LogP contribution in [0, 0.1) is 6.92 Å². The standard InChI is InChI=1S/C19H20N4O2/c1-14-21-16-4-2-3-5-17(16)23(14)13-19(24)22-10-11-25-18(12-22)15-6-8-20-9-7-15/h2-9,18H,10-13H2,1H3. The Kier molecular flexibility index (Phi) is 4.19. The molecule has 6 heteroatoms. The van der Waals surface area contributed by atoms with Gasteiger partial charge in [0.2, 0.25) is 5.91 Å². The maximum absolute atomic E-state index is 12.8. The van der Waals surface area contributed by atoms with Crippen LogP contribution < -0.4 is 0 Å². The fraction of sp³-hybridized carbons (Fsp3) is 0.316. The van der Waals surface area contributed by atoms with Crippen LogP contribution >= 0.6 is 0 Å². The highest BCUT2D eigenvalue weighted by atomic mass is 16.5. The van der Waals surface area contributed by atoms with Crippen LogP contribution in [0.15, 0.2) is 48.8 Å². The molecule has 0 N–H and O–H groups in total. The molecule has 3 heterocycles. The van der Waals surface area contributed by atoms with Gasteiger partial charge in [-0.05, 0) is 36.8 Å². The van der Waals surface area contributed by atoms with Gasteiger partial charge in [-0.3, -0.25) is 9.78 Å². The van der Waals surface area contributed by atoms with Gasteiger partial charge in [-0.2, -0.15) is 0 Å². The number of carbonyl (C=O) groups is 1. The quantitative estimate of drug-likeness (QED) is 0.736. The molecule has 0 radical (unpaired) electrons. The number of imidazole rings is 1. The van der Waals surface area contributed by atoms with Crippen LogP contribution in [0.5, 0.6) is 0 Å². The lowest BCUT2D eigenvalue weighted by Crippen LogP contribution is -2.43. The highest BCUT2D eigenvalue weighted by Crippen LogP contribution is 2.22. The third-order valence-electron chi connectivity index (χ3n) is 4.64. The first-order valence-corrected chi connectivity index (χ1v) is 8.43. The Morgan fingerprint density at radius 3 is 2.88 bits per heavy atom. The number of aromatic nitrogens is 3. The largest absolute Gasteiger partial charge is 0.370 e. The number of carbonyl (C=O) groups excluding carboxylic acids is 1. The molecule has 0 bridgehead atoms. The number of para-hydroxylation sites is 2. The normalized spacial score (nSPS) is 17.8. The molecule has 2 aromatic heterocycles. The highest BCUT2D eigenvalue weighted by molar-refractivity contribution is 5.81. The van der Waals surface area contributed by atoms with E-state index in [0.717, 1.165) is 22.4 Å². The summed E-state index contributed by atoms with van der Waals surface area (Å²) >= 11 is 0. The fourth-order valence-electron chi connectivity index (χ4n) is 3.29. The van der Waals surface area contributed by atoms with Crippen LogP contribution in [0.3, 0.4) is 0 Å². The average Bonchev–Trinajstić information content (AvgIpc) is 2.98. The van der Waals surface area contributed by atoms with E-state index in [1.54, 1.807) is 12.4 Å². The van der Waals surface area contributed by atoms with Crippen molar-refractivity contribution in [1.82, 2.24) is 19.4 Å². The van der Waals surface area contributed by atoms with Gasteiger partial charge in [-0.1, -0.05) is 12.1 Å². The maximum Gasteiger partial charge on any atom is 0.242 e. The number of amides is 1. The molecule has 6 nitrogen and oxygen atoms in total. The minimum absolute atomic E-state index is 0.0913. The zero-order chi connectivity index (χ0) is 17.2. The van der Waals surface area contributed by atoms with Gasteiger partial charge in [-0.25, -0.2) is 4.98 Å². The Morgan fingerprint density at radius 1 is 1.24 bits per heavy atom. The molecular weight excluding hydrogens is 316 g/mol. The maximum atomic E-state index is 12.8. The molecule has 1 aliphatic rings. The number of hydrogen-bond donors (Lipinski definition) is 0. The number of morpholine rings is 1. The number of rotatable bonds is 3. The Labute approximate surface area is 146 Å². The fourth-order valence-corrected chi connectivity index (χ4v) is 3.29. The van der Waals surface area contributed by atoms with Crippen molar-refractivity contribution in [3.8, 4) is 0 Å². The topological polar surface area (TPSA) is 60.2 Å². The van der Waals surface area contributed by atoms with Gasteiger partial charge in [0.05, 0.1) is 24.2 Å². The number of ether oxygens (including phenoxy) is 1. The van der Waals surface area contributed by atoms with Crippen LogP contribution in [0.4, 0.5) is 0 Å². The van der Waals surface area contributed by atoms with Crippen molar-refractivity contribution in [2.75, 3.05) is 19.7 Å². The molecule has 1 aromatic carbocycles. The molecule has 1 atom stereocenters. The van der Waals surface area contributed by atoms with E-state index in [-0.39, 0.29) is 12.0 Å². The Morgan fingerprint density at radius 2 is 2.04 bits per heavy atom. The summed E-state index contributed by atoms with van der Waals surface area (Å²) in [5.74, 6) is 0.946. The van der Waals surface area contributed by atoms with Crippen molar-refractivity contribution in [1.29, 1.82) is 0 Å². The Hall–Kier alpha value is -2.73. The SMILES string of the molecule is Cc1nc2ccccc2n1CC(=O)N1CCOC(c2ccncc2)C1. The first kappa shape index (κ1) is 15.8. The molecule has 1 unspecified atom stereocenters. The molecular formula is C19H20N4O2. The number of aryl methyl sites for hydroxylation is 1. The molecule has 0 saturated carbocycles. The van der Waals surface area contributed by atoms with Gasteiger partial charge >= 0.3 is 0 Å². The molecule has 25 heavy (non-hydrogen) atoms. The molecule has 0 spiro atoms. The minimum atomic E-state index is -0.0960. The van der Waals surface area contributed by atoms with Crippen molar-refractivity contribution in [3.63, 3.8) is 0 Å². The summed E-state index contributed by atoms with van der Waals surface area (Å²) in [6.07, 6.45) is 3.40. The average molecular weight is 336 g/mol. The van der Waals surface area contributed by atoms with Crippen molar-refractivity contribution in [2.24, 2.45) is 0 Å². The van der Waals surface area contributed by atoms with Gasteiger partial charge in [0.15, 0.2) is 0 Å². The molecule has 1 fully saturated rings. The van der Waals surface area contributed by atoms with E-state index in [1.165, 1.54) is 0 Å². The van der Waals surface area contributed by atoms with Crippen LogP contribution in [0.25, 0.3) is 11.0 Å². The minimum Gasteiger partial charge on any atom is -0.370 e. The molecule has 1 saturated heterocycles. The summed E-state index contributed by atoms with van der Waals surface area (Å²) in [5, 5.41) is 0. The highest BCUT2D eigenvalue weighted by Gasteiger charge is 2.26. The monoisotopic (exact) mass is 336 g/mol. The summed E-state index contributed by atoms with van der Waals surface area (Å²) in [7, 11) is 0. The van der Waals surface area contributed by atoms with Crippen LogP contribution in [0.1, 0.15) is 17.5 Å². The van der Waals surface area contributed by atoms with E-state index >= 15 is 0 Å². The third-order valence-corrected chi connectivity index (χ3v) is 4.64. The van der Waals surface area contributed by atoms with Crippen molar-refractivity contribution < 1.29 is 9.53 Å². The lowest BCUT2D eigenvalue weighted by Gasteiger charge is -2.33. The predicted molar refractivity (Wildman–Crippen MR) is 94.0 cm³/mol. The van der Waals surface area contributed by atoms with Crippen LogP contribution in [-0.2, 0) is 16.1 Å². The van der Waals surface area contributed by atoms with E-state index in [9.17, 15) is 4.79 Å². The van der Waals surface area contributed by atoms with Gasteiger partial charge in [-0.15, -0.1) is 0 Å². The van der Waals surface area contributed by atoms with Crippen LogP contribution in [0.2, 0.25) is 0 Å². The summed E-state index contributed by atoms with van der Waals surface area (Å²) in [6, 6.07) is 11.8. The lowest BCUT2D eigenvalue weighted by molar-refractivity contribution is -0.139. The molecule has 4 rings (SSSR count). The summed E-state index contributed by atoms with van der Waals surface area (Å²) in [4.78, 5) is 23.3. The second-order valence-corrected chi connectivity index (χ2v) is 6.21. The summed E-state index contributed by atoms with van der Waals surface area (Å²) in [5.41, 5.74) is 2.97. The van der Waals surface area contributed by atoms with E-state index in [4.69, 9.17) is 4.74 Å². The first-order chi connectivity index (χ1) is 12.2. The van der Waals surface area contributed by atoms with E-state index < -0.39 is 0 Å². The van der Waals surface area contributed by atoms with Crippen molar-refractivity contribution >= 4 is 16.9 Å². The van der Waals surface area contributed by atoms with E-state index in [1.807, 2.05) is 52.8 Å². The first-order valence-electron chi connectivity index (χ1n) is 8.43. The second-order valence-electron chi connectivity index (χ2n) is 6.21. The molecule has 128 valence electrons. The van der Waals surface area contributed by atoms with Crippen LogP contribution in [-0.4, -0.2) is 45.0 Å². The summed E-state index contributed by atoms with van der Waals surface area (Å²) < 4.78 is 7.81. The number of hydrogen-bond acceptors (Lipinski definition) is 4. The lowest BCUT2D eigenvalue weighted by atomic mass is 10.1. The zero-order valence-corrected chi connectivity index (χ0v) is 14.1. The molecule has 3 aromatic rings. The Balaban J connectivity index is 1.51. The number of fused-ring (bicyclic) bond motifs is 1. The smallest absolute Gasteiger partial charge is 0.242 e. The number of benzene rings is 1. The Bertz CT molecular complexity index is 891. The number of nitrogens with zero attached hydrogens (tertiary/aromatic N) is 4. The van der Waals surface area contributed by atoms with Gasteiger partial charge in [0.1, 0.15) is 18.5 Å². The zero-order valence-electron chi connectivity index (χ0n) is 14.1. The molecule has 1 aliphatic heterocycles. The van der Waals surface area contributed by atoms with Gasteiger partial charge in [0, 0.05) is 18.9 Å². The van der Waals surface area contributed by atoms with Gasteiger partial charge < -0.3 is 14.2 Å². The predicted octanol–water partition coefficient (Wildman–Crippen LogP) is 2.34. The van der Waals surface area contributed by atoms with Gasteiger partial charge in [0.25, 0.3) is 0 Å². The number of pyridine rings is 1. The molecule has 0 aliphatic carbocycles. The molecule has 1 amide bonds. The van der Waals surface area contributed by atoms with Crippen molar-refractivity contribution in [3.05, 3.63) is 60.2 Å². The third kappa shape index (κ3) is 3.13.